The standard InChI is InChI=1S/C18H17F2NO2/c19-14-5-1-3-12(9-14)16(22)11-17(23)21-18(7-8-18)13-4-2-6-15(20)10-13/h1-6,9-10,16,22H,7-8,11H2,(H,21,23). The molecule has 3 nitrogen and oxygen atoms in total. The summed E-state index contributed by atoms with van der Waals surface area (Å²) >= 11 is 0. The van der Waals surface area contributed by atoms with Crippen LogP contribution in [0.15, 0.2) is 48.5 Å². The van der Waals surface area contributed by atoms with E-state index in [2.05, 4.69) is 5.32 Å². The minimum atomic E-state index is -1.07. The van der Waals surface area contributed by atoms with E-state index in [1.54, 1.807) is 18.2 Å². The molecule has 3 rings (SSSR count). The van der Waals surface area contributed by atoms with E-state index >= 15 is 0 Å². The SMILES string of the molecule is O=C(CC(O)c1cccc(F)c1)NC1(c2cccc(F)c2)CC1. The Balaban J connectivity index is 1.65. The zero-order valence-corrected chi connectivity index (χ0v) is 12.4. The maximum atomic E-state index is 13.3. The molecular formula is C18H17F2NO2. The zero-order chi connectivity index (χ0) is 16.4. The van der Waals surface area contributed by atoms with E-state index in [9.17, 15) is 18.7 Å². The van der Waals surface area contributed by atoms with Crippen molar-refractivity contribution in [3.63, 3.8) is 0 Å². The lowest BCUT2D eigenvalue weighted by molar-refractivity contribution is -0.124. The highest BCUT2D eigenvalue weighted by Gasteiger charge is 2.45. The Morgan fingerprint density at radius 3 is 2.39 bits per heavy atom. The fourth-order valence-corrected chi connectivity index (χ4v) is 2.72. The highest BCUT2D eigenvalue weighted by molar-refractivity contribution is 5.78. The molecule has 2 aromatic rings. The van der Waals surface area contributed by atoms with Crippen molar-refractivity contribution in [2.24, 2.45) is 0 Å². The van der Waals surface area contributed by atoms with Gasteiger partial charge in [-0.25, -0.2) is 8.78 Å². The average molecular weight is 317 g/mol. The van der Waals surface area contributed by atoms with Crippen LogP contribution < -0.4 is 5.32 Å². The fraction of sp³-hybridized carbons (Fsp3) is 0.278. The second kappa shape index (κ2) is 6.08. The molecule has 1 amide bonds. The van der Waals surface area contributed by atoms with E-state index in [1.807, 2.05) is 0 Å². The summed E-state index contributed by atoms with van der Waals surface area (Å²) in [6, 6.07) is 11.7. The molecule has 0 aliphatic heterocycles. The van der Waals surface area contributed by atoms with Gasteiger partial charge < -0.3 is 10.4 Å². The van der Waals surface area contributed by atoms with E-state index in [0.29, 0.717) is 5.56 Å². The van der Waals surface area contributed by atoms with Gasteiger partial charge in [-0.3, -0.25) is 4.79 Å². The minimum Gasteiger partial charge on any atom is -0.388 e. The molecule has 0 heterocycles. The van der Waals surface area contributed by atoms with Crippen molar-refractivity contribution in [3.05, 3.63) is 71.3 Å². The molecule has 2 N–H and O–H groups in total. The Labute approximate surface area is 133 Å². The van der Waals surface area contributed by atoms with E-state index < -0.39 is 17.5 Å². The smallest absolute Gasteiger partial charge is 0.223 e. The Bertz CT molecular complexity index is 728. The summed E-state index contributed by atoms with van der Waals surface area (Å²) in [5.41, 5.74) is 0.544. The molecule has 1 saturated carbocycles. The quantitative estimate of drug-likeness (QED) is 0.890. The number of carbonyl (C=O) groups is 1. The third-order valence-electron chi connectivity index (χ3n) is 4.12. The lowest BCUT2D eigenvalue weighted by Gasteiger charge is -2.19. The van der Waals surface area contributed by atoms with Crippen molar-refractivity contribution in [2.45, 2.75) is 30.9 Å². The van der Waals surface area contributed by atoms with Gasteiger partial charge in [-0.15, -0.1) is 0 Å². The molecule has 120 valence electrons. The molecule has 1 atom stereocenters. The van der Waals surface area contributed by atoms with Crippen LogP contribution in [-0.4, -0.2) is 11.0 Å². The maximum Gasteiger partial charge on any atom is 0.223 e. The zero-order valence-electron chi connectivity index (χ0n) is 12.4. The summed E-state index contributed by atoms with van der Waals surface area (Å²) < 4.78 is 26.5. The van der Waals surface area contributed by atoms with Gasteiger partial charge in [-0.1, -0.05) is 24.3 Å². The average Bonchev–Trinajstić information content (AvgIpc) is 3.28. The Kier molecular flexibility index (Phi) is 4.13. The number of benzene rings is 2. The van der Waals surface area contributed by atoms with Crippen molar-refractivity contribution in [2.75, 3.05) is 0 Å². The number of nitrogens with one attached hydrogen (secondary N) is 1. The normalized spacial score (nSPS) is 16.7. The summed E-state index contributed by atoms with van der Waals surface area (Å²) in [6.45, 7) is 0. The lowest BCUT2D eigenvalue weighted by atomic mass is 10.0. The number of hydrogen-bond acceptors (Lipinski definition) is 2. The van der Waals surface area contributed by atoms with Crippen LogP contribution in [0.2, 0.25) is 0 Å². The molecule has 1 aliphatic rings. The van der Waals surface area contributed by atoms with Crippen molar-refractivity contribution < 1.29 is 18.7 Å². The predicted octanol–water partition coefficient (Wildman–Crippen LogP) is 3.19. The molecule has 1 unspecified atom stereocenters. The Hall–Kier alpha value is -2.27. The van der Waals surface area contributed by atoms with Crippen molar-refractivity contribution in [1.29, 1.82) is 0 Å². The highest BCUT2D eigenvalue weighted by Crippen LogP contribution is 2.45. The van der Waals surface area contributed by atoms with Gasteiger partial charge in [-0.2, -0.15) is 0 Å². The van der Waals surface area contributed by atoms with Gasteiger partial charge in [0.25, 0.3) is 0 Å². The van der Waals surface area contributed by atoms with Crippen LogP contribution >= 0.6 is 0 Å². The first kappa shape index (κ1) is 15.6. The van der Waals surface area contributed by atoms with Gasteiger partial charge >= 0.3 is 0 Å². The molecule has 0 saturated heterocycles. The van der Waals surface area contributed by atoms with E-state index in [4.69, 9.17) is 0 Å². The van der Waals surface area contributed by atoms with Gasteiger partial charge in [0, 0.05) is 0 Å². The van der Waals surface area contributed by atoms with Crippen LogP contribution in [0.5, 0.6) is 0 Å². The Morgan fingerprint density at radius 1 is 1.13 bits per heavy atom. The second-order valence-corrected chi connectivity index (χ2v) is 5.92. The van der Waals surface area contributed by atoms with Gasteiger partial charge in [0.1, 0.15) is 11.6 Å². The first-order chi connectivity index (χ1) is 11.0. The molecule has 1 aliphatic carbocycles. The molecular weight excluding hydrogens is 300 g/mol. The van der Waals surface area contributed by atoms with Crippen LogP contribution in [0.4, 0.5) is 8.78 Å². The van der Waals surface area contributed by atoms with E-state index in [1.165, 1.54) is 30.3 Å². The van der Waals surface area contributed by atoms with Crippen LogP contribution in [0.1, 0.15) is 36.5 Å². The monoisotopic (exact) mass is 317 g/mol. The number of amides is 1. The number of rotatable bonds is 5. The van der Waals surface area contributed by atoms with Crippen molar-refractivity contribution in [1.82, 2.24) is 5.32 Å². The van der Waals surface area contributed by atoms with Gasteiger partial charge in [0.15, 0.2) is 0 Å². The van der Waals surface area contributed by atoms with Crippen LogP contribution in [-0.2, 0) is 10.3 Å². The minimum absolute atomic E-state index is 0.166. The van der Waals surface area contributed by atoms with Crippen LogP contribution in [0.3, 0.4) is 0 Å². The van der Waals surface area contributed by atoms with Crippen molar-refractivity contribution >= 4 is 5.91 Å². The third kappa shape index (κ3) is 3.56. The van der Waals surface area contributed by atoms with Gasteiger partial charge in [0.2, 0.25) is 5.91 Å². The number of carbonyl (C=O) groups excluding carboxylic acids is 1. The second-order valence-electron chi connectivity index (χ2n) is 5.92. The lowest BCUT2D eigenvalue weighted by Crippen LogP contribution is -2.35. The summed E-state index contributed by atoms with van der Waals surface area (Å²) in [6.07, 6.45) is 0.228. The highest BCUT2D eigenvalue weighted by atomic mass is 19.1. The molecule has 0 spiro atoms. The van der Waals surface area contributed by atoms with E-state index in [-0.39, 0.29) is 18.1 Å². The molecule has 0 aromatic heterocycles. The predicted molar refractivity (Wildman–Crippen MR) is 81.4 cm³/mol. The Morgan fingerprint density at radius 2 is 1.78 bits per heavy atom. The number of hydrogen-bond donors (Lipinski definition) is 2. The molecule has 1 fully saturated rings. The largest absolute Gasteiger partial charge is 0.388 e. The molecule has 0 radical (unpaired) electrons. The molecule has 23 heavy (non-hydrogen) atoms. The van der Waals surface area contributed by atoms with E-state index in [0.717, 1.165) is 18.4 Å². The number of aliphatic hydroxyl groups is 1. The summed E-state index contributed by atoms with van der Waals surface area (Å²) in [4.78, 5) is 12.2. The number of halogens is 2. The first-order valence-corrected chi connectivity index (χ1v) is 7.49. The molecule has 0 bridgehead atoms. The summed E-state index contributed by atoms with van der Waals surface area (Å²) in [5, 5.41) is 12.9. The fourth-order valence-electron chi connectivity index (χ4n) is 2.72. The molecule has 2 aromatic carbocycles. The maximum absolute atomic E-state index is 13.3. The summed E-state index contributed by atoms with van der Waals surface area (Å²) in [5.74, 6) is -1.15. The third-order valence-corrected chi connectivity index (χ3v) is 4.12. The topological polar surface area (TPSA) is 49.3 Å². The first-order valence-electron chi connectivity index (χ1n) is 7.49. The van der Waals surface area contributed by atoms with Crippen LogP contribution in [0.25, 0.3) is 0 Å². The van der Waals surface area contributed by atoms with Crippen molar-refractivity contribution in [3.8, 4) is 0 Å². The van der Waals surface area contributed by atoms with Gasteiger partial charge in [0.05, 0.1) is 18.1 Å². The summed E-state index contributed by atoms with van der Waals surface area (Å²) in [7, 11) is 0. The van der Waals surface area contributed by atoms with Gasteiger partial charge in [-0.05, 0) is 48.2 Å². The molecule has 5 heteroatoms. The van der Waals surface area contributed by atoms with Crippen LogP contribution in [0, 0.1) is 11.6 Å². The number of aliphatic hydroxyl groups excluding tert-OH is 1.